The number of nitrogens with zero attached hydrogens (tertiary/aromatic N) is 3. The maximum Gasteiger partial charge on any atom is 0.164 e. The summed E-state index contributed by atoms with van der Waals surface area (Å²) < 4.78 is 0. The Bertz CT molecular complexity index is 1900. The van der Waals surface area contributed by atoms with Crippen LogP contribution in [0.25, 0.3) is 67.5 Å². The second-order valence-corrected chi connectivity index (χ2v) is 10.2. The van der Waals surface area contributed by atoms with Crippen LogP contribution in [0, 0.1) is 0 Å². The van der Waals surface area contributed by atoms with Gasteiger partial charge in [0.05, 0.1) is 0 Å². The number of hydrogen-bond acceptors (Lipinski definition) is 3. The summed E-state index contributed by atoms with van der Waals surface area (Å²) in [7, 11) is 0. The predicted molar refractivity (Wildman–Crippen MR) is 172 cm³/mol. The van der Waals surface area contributed by atoms with Crippen LogP contribution in [0.1, 0.15) is 0 Å². The van der Waals surface area contributed by atoms with Crippen LogP contribution in [0.3, 0.4) is 0 Å². The molecule has 0 atom stereocenters. The lowest BCUT2D eigenvalue weighted by Gasteiger charge is -2.13. The Labute approximate surface area is 245 Å². The summed E-state index contributed by atoms with van der Waals surface area (Å²) in [5.41, 5.74) is 9.70. The van der Waals surface area contributed by atoms with Crippen molar-refractivity contribution in [2.24, 2.45) is 0 Å². The lowest BCUT2D eigenvalue weighted by molar-refractivity contribution is 1.07. The Morgan fingerprint density at radius 2 is 0.500 bits per heavy atom. The van der Waals surface area contributed by atoms with Crippen molar-refractivity contribution in [1.82, 2.24) is 15.0 Å². The van der Waals surface area contributed by atoms with Crippen LogP contribution in [0.4, 0.5) is 0 Å². The normalized spacial score (nSPS) is 10.9. The summed E-state index contributed by atoms with van der Waals surface area (Å²) in [5.74, 6) is 1.94. The van der Waals surface area contributed by atoms with E-state index in [9.17, 15) is 0 Å². The molecule has 42 heavy (non-hydrogen) atoms. The van der Waals surface area contributed by atoms with Crippen molar-refractivity contribution < 1.29 is 0 Å². The third-order valence-electron chi connectivity index (χ3n) is 7.30. The first kappa shape index (κ1) is 25.3. The fourth-order valence-electron chi connectivity index (χ4n) is 5.17. The monoisotopic (exact) mass is 537 g/mol. The zero-order chi connectivity index (χ0) is 28.1. The number of aromatic nitrogens is 3. The van der Waals surface area contributed by atoms with Gasteiger partial charge in [0.2, 0.25) is 0 Å². The Kier molecular flexibility index (Phi) is 6.89. The van der Waals surface area contributed by atoms with Crippen molar-refractivity contribution >= 4 is 0 Å². The van der Waals surface area contributed by atoms with Crippen molar-refractivity contribution in [1.29, 1.82) is 0 Å². The zero-order valence-corrected chi connectivity index (χ0v) is 22.9. The number of rotatable bonds is 6. The van der Waals surface area contributed by atoms with Gasteiger partial charge in [0.1, 0.15) is 0 Å². The molecule has 3 nitrogen and oxygen atoms in total. The van der Waals surface area contributed by atoms with Gasteiger partial charge in [-0.1, -0.05) is 140 Å². The van der Waals surface area contributed by atoms with E-state index in [2.05, 4.69) is 91.0 Å². The predicted octanol–water partition coefficient (Wildman–Crippen LogP) is 9.87. The first-order chi connectivity index (χ1) is 20.8. The molecule has 0 saturated heterocycles. The lowest BCUT2D eigenvalue weighted by atomic mass is 9.94. The average molecular weight is 538 g/mol. The smallest absolute Gasteiger partial charge is 0.164 e. The molecule has 0 saturated carbocycles. The van der Waals surface area contributed by atoms with Crippen molar-refractivity contribution in [2.45, 2.75) is 0 Å². The van der Waals surface area contributed by atoms with Crippen LogP contribution < -0.4 is 0 Å². The summed E-state index contributed by atoms with van der Waals surface area (Å²) in [5, 5.41) is 0. The first-order valence-corrected chi connectivity index (χ1v) is 14.0. The highest BCUT2D eigenvalue weighted by atomic mass is 15.0. The van der Waals surface area contributed by atoms with Gasteiger partial charge in [-0.15, -0.1) is 0 Å². The molecule has 0 amide bonds. The van der Waals surface area contributed by atoms with E-state index in [4.69, 9.17) is 15.0 Å². The highest BCUT2D eigenvalue weighted by molar-refractivity contribution is 5.82. The Hall–Kier alpha value is -5.67. The molecule has 0 spiro atoms. The van der Waals surface area contributed by atoms with Crippen LogP contribution in [0.15, 0.2) is 164 Å². The van der Waals surface area contributed by atoms with Gasteiger partial charge in [0, 0.05) is 16.7 Å². The van der Waals surface area contributed by atoms with Gasteiger partial charge in [-0.05, 0) is 57.6 Å². The molecule has 6 aromatic carbocycles. The second kappa shape index (κ2) is 11.4. The van der Waals surface area contributed by atoms with Crippen molar-refractivity contribution in [3.05, 3.63) is 164 Å². The molecular formula is C39H27N3. The molecule has 0 aliphatic rings. The number of benzene rings is 6. The highest BCUT2D eigenvalue weighted by Crippen LogP contribution is 2.34. The Morgan fingerprint density at radius 3 is 0.976 bits per heavy atom. The maximum atomic E-state index is 5.01. The first-order valence-electron chi connectivity index (χ1n) is 14.0. The van der Waals surface area contributed by atoms with E-state index < -0.39 is 0 Å². The van der Waals surface area contributed by atoms with Gasteiger partial charge < -0.3 is 0 Å². The molecule has 0 N–H and O–H groups in total. The molecule has 7 aromatic rings. The fourth-order valence-corrected chi connectivity index (χ4v) is 5.17. The Balaban J connectivity index is 1.43. The quantitative estimate of drug-likeness (QED) is 0.212. The molecule has 0 aliphatic heterocycles. The van der Waals surface area contributed by atoms with Crippen molar-refractivity contribution in [3.63, 3.8) is 0 Å². The summed E-state index contributed by atoms with van der Waals surface area (Å²) in [6.45, 7) is 0. The van der Waals surface area contributed by atoms with Gasteiger partial charge in [-0.3, -0.25) is 0 Å². The molecule has 198 valence electrons. The third-order valence-corrected chi connectivity index (χ3v) is 7.30. The molecule has 0 bridgehead atoms. The minimum atomic E-state index is 0.640. The molecule has 0 fully saturated rings. The van der Waals surface area contributed by atoms with Gasteiger partial charge in [0.25, 0.3) is 0 Å². The van der Waals surface area contributed by atoms with E-state index in [1.165, 1.54) is 11.1 Å². The van der Waals surface area contributed by atoms with Crippen LogP contribution >= 0.6 is 0 Å². The highest BCUT2D eigenvalue weighted by Gasteiger charge is 2.15. The van der Waals surface area contributed by atoms with E-state index >= 15 is 0 Å². The summed E-state index contributed by atoms with van der Waals surface area (Å²) in [6, 6.07) is 56.5. The molecule has 1 aromatic heterocycles. The summed E-state index contributed by atoms with van der Waals surface area (Å²) in [4.78, 5) is 14.9. The summed E-state index contributed by atoms with van der Waals surface area (Å²) >= 11 is 0. The van der Waals surface area contributed by atoms with Gasteiger partial charge >= 0.3 is 0 Å². The van der Waals surface area contributed by atoms with Crippen LogP contribution in [0.5, 0.6) is 0 Å². The molecule has 7 rings (SSSR count). The second-order valence-electron chi connectivity index (χ2n) is 10.2. The lowest BCUT2D eigenvalue weighted by Crippen LogP contribution is -2.00. The van der Waals surface area contributed by atoms with E-state index in [-0.39, 0.29) is 0 Å². The largest absolute Gasteiger partial charge is 0.208 e. The maximum absolute atomic E-state index is 5.01. The molecule has 1 heterocycles. The standard InChI is InChI=1S/C39H27N3/c1-5-14-28(15-6-1)32-22-13-23-33(24-32)35-25-34(29-16-7-2-8-17-29)26-36(27-35)39-41-37(30-18-9-3-10-19-30)40-38(42-39)31-20-11-4-12-21-31/h1-27H. The number of hydrogen-bond donors (Lipinski definition) is 0. The van der Waals surface area contributed by atoms with E-state index in [1.807, 2.05) is 72.8 Å². The average Bonchev–Trinajstić information content (AvgIpc) is 3.09. The van der Waals surface area contributed by atoms with E-state index in [0.29, 0.717) is 17.5 Å². The zero-order valence-electron chi connectivity index (χ0n) is 22.9. The van der Waals surface area contributed by atoms with E-state index in [0.717, 1.165) is 38.9 Å². The van der Waals surface area contributed by atoms with Gasteiger partial charge in [-0.2, -0.15) is 0 Å². The topological polar surface area (TPSA) is 38.7 Å². The van der Waals surface area contributed by atoms with Gasteiger partial charge in [0.15, 0.2) is 17.5 Å². The third kappa shape index (κ3) is 5.36. The van der Waals surface area contributed by atoms with Crippen LogP contribution in [0.2, 0.25) is 0 Å². The Morgan fingerprint density at radius 1 is 0.214 bits per heavy atom. The molecular weight excluding hydrogens is 510 g/mol. The SMILES string of the molecule is c1ccc(-c2cccc(-c3cc(-c4ccccc4)cc(-c4nc(-c5ccccc5)nc(-c5ccccc5)n4)c3)c2)cc1. The molecule has 0 aliphatic carbocycles. The van der Waals surface area contributed by atoms with Crippen molar-refractivity contribution in [2.75, 3.05) is 0 Å². The minimum Gasteiger partial charge on any atom is -0.208 e. The van der Waals surface area contributed by atoms with Gasteiger partial charge in [-0.25, -0.2) is 15.0 Å². The fraction of sp³-hybridized carbons (Fsp3) is 0. The van der Waals surface area contributed by atoms with E-state index in [1.54, 1.807) is 0 Å². The van der Waals surface area contributed by atoms with Crippen LogP contribution in [-0.2, 0) is 0 Å². The minimum absolute atomic E-state index is 0.640. The summed E-state index contributed by atoms with van der Waals surface area (Å²) in [6.07, 6.45) is 0. The molecule has 0 radical (unpaired) electrons. The molecule has 0 unspecified atom stereocenters. The molecule has 3 heteroatoms. The van der Waals surface area contributed by atoms with Crippen LogP contribution in [-0.4, -0.2) is 15.0 Å². The van der Waals surface area contributed by atoms with Crippen molar-refractivity contribution in [3.8, 4) is 67.5 Å².